The van der Waals surface area contributed by atoms with E-state index >= 15 is 0 Å². The van der Waals surface area contributed by atoms with Crippen molar-refractivity contribution in [2.24, 2.45) is 0 Å². The monoisotopic (exact) mass is 406 g/mol. The van der Waals surface area contributed by atoms with Crippen LogP contribution in [0.2, 0.25) is 0 Å². The minimum Gasteiger partial charge on any atom is -0.296 e. The maximum Gasteiger partial charge on any atom is 0.277 e. The molecule has 0 aliphatic carbocycles. The van der Waals surface area contributed by atoms with Crippen molar-refractivity contribution in [2.45, 2.75) is 6.54 Å². The smallest absolute Gasteiger partial charge is 0.277 e. The molecular weight excluding hydrogens is 391 g/mol. The van der Waals surface area contributed by atoms with Crippen molar-refractivity contribution in [3.8, 4) is 11.3 Å². The lowest BCUT2D eigenvalue weighted by Crippen LogP contribution is -2.26. The molecule has 6 nitrogen and oxygen atoms in total. The SMILES string of the molecule is O=C(Nc1nc(-c2ccc(F)cc2)cs1)c1ccc(=O)n(Cc2ccccc2)n1. The standard InChI is InChI=1S/C21H15FN4O2S/c22-16-8-6-15(7-9-16)18-13-29-21(23-18)24-20(28)17-10-11-19(27)26(25-17)12-14-4-2-1-3-5-14/h1-11,13H,12H2,(H,23,24,28). The summed E-state index contributed by atoms with van der Waals surface area (Å²) in [6.07, 6.45) is 0. The van der Waals surface area contributed by atoms with Crippen molar-refractivity contribution in [1.82, 2.24) is 14.8 Å². The van der Waals surface area contributed by atoms with Crippen molar-refractivity contribution in [3.63, 3.8) is 0 Å². The molecule has 8 heteroatoms. The van der Waals surface area contributed by atoms with Crippen LogP contribution in [0, 0.1) is 5.82 Å². The third-order valence-electron chi connectivity index (χ3n) is 4.14. The van der Waals surface area contributed by atoms with Gasteiger partial charge in [0.05, 0.1) is 12.2 Å². The molecule has 0 fully saturated rings. The van der Waals surface area contributed by atoms with E-state index in [0.717, 1.165) is 11.1 Å². The molecule has 4 aromatic rings. The van der Waals surface area contributed by atoms with Gasteiger partial charge in [0.1, 0.15) is 11.5 Å². The molecule has 2 heterocycles. The Morgan fingerprint density at radius 1 is 1.03 bits per heavy atom. The van der Waals surface area contributed by atoms with E-state index in [-0.39, 0.29) is 23.6 Å². The molecule has 0 spiro atoms. The predicted octanol–water partition coefficient (Wildman–Crippen LogP) is 3.81. The summed E-state index contributed by atoms with van der Waals surface area (Å²) in [5.74, 6) is -0.791. The lowest BCUT2D eigenvalue weighted by molar-refractivity contribution is 0.102. The minimum absolute atomic E-state index is 0.110. The average molecular weight is 406 g/mol. The highest BCUT2D eigenvalue weighted by Crippen LogP contribution is 2.25. The number of hydrogen-bond donors (Lipinski definition) is 1. The summed E-state index contributed by atoms with van der Waals surface area (Å²) in [4.78, 5) is 29.0. The Hall–Kier alpha value is -3.65. The Kier molecular flexibility index (Phi) is 5.26. The van der Waals surface area contributed by atoms with Gasteiger partial charge in [0.15, 0.2) is 5.13 Å². The summed E-state index contributed by atoms with van der Waals surface area (Å²) < 4.78 is 14.3. The Morgan fingerprint density at radius 3 is 2.55 bits per heavy atom. The molecule has 0 bridgehead atoms. The number of anilines is 1. The van der Waals surface area contributed by atoms with Gasteiger partial charge in [0.25, 0.3) is 11.5 Å². The quantitative estimate of drug-likeness (QED) is 0.547. The number of nitrogens with zero attached hydrogens (tertiary/aromatic N) is 3. The lowest BCUT2D eigenvalue weighted by atomic mass is 10.2. The number of halogens is 1. The van der Waals surface area contributed by atoms with E-state index < -0.39 is 5.91 Å². The topological polar surface area (TPSA) is 76.9 Å². The number of rotatable bonds is 5. The van der Waals surface area contributed by atoms with Crippen LogP contribution in [0.25, 0.3) is 11.3 Å². The molecule has 2 aromatic heterocycles. The molecule has 1 amide bonds. The number of carbonyl (C=O) groups excluding carboxylic acids is 1. The van der Waals surface area contributed by atoms with Crippen molar-refractivity contribution < 1.29 is 9.18 Å². The van der Waals surface area contributed by atoms with Crippen LogP contribution in [0.5, 0.6) is 0 Å². The second-order valence-corrected chi connectivity index (χ2v) is 7.06. The van der Waals surface area contributed by atoms with Crippen molar-refractivity contribution in [1.29, 1.82) is 0 Å². The number of aromatic nitrogens is 3. The van der Waals surface area contributed by atoms with Crippen LogP contribution < -0.4 is 10.9 Å². The summed E-state index contributed by atoms with van der Waals surface area (Å²) in [6.45, 7) is 0.271. The summed E-state index contributed by atoms with van der Waals surface area (Å²) in [7, 11) is 0. The van der Waals surface area contributed by atoms with Crippen LogP contribution in [-0.2, 0) is 6.54 Å². The van der Waals surface area contributed by atoms with Gasteiger partial charge in [-0.3, -0.25) is 14.9 Å². The Bertz CT molecular complexity index is 1200. The largest absolute Gasteiger partial charge is 0.296 e. The van der Waals surface area contributed by atoms with Gasteiger partial charge in [-0.1, -0.05) is 30.3 Å². The highest BCUT2D eigenvalue weighted by Gasteiger charge is 2.13. The second kappa shape index (κ2) is 8.15. The fourth-order valence-corrected chi connectivity index (χ4v) is 3.40. The lowest BCUT2D eigenvalue weighted by Gasteiger charge is -2.07. The zero-order chi connectivity index (χ0) is 20.2. The number of nitrogens with one attached hydrogen (secondary N) is 1. The maximum atomic E-state index is 13.1. The van der Waals surface area contributed by atoms with E-state index in [4.69, 9.17) is 0 Å². The van der Waals surface area contributed by atoms with Crippen LogP contribution in [-0.4, -0.2) is 20.7 Å². The number of hydrogen-bond acceptors (Lipinski definition) is 5. The fraction of sp³-hybridized carbons (Fsp3) is 0.0476. The molecular formula is C21H15FN4O2S. The van der Waals surface area contributed by atoms with Crippen LogP contribution in [0.1, 0.15) is 16.1 Å². The molecule has 1 N–H and O–H groups in total. The van der Waals surface area contributed by atoms with E-state index in [9.17, 15) is 14.0 Å². The van der Waals surface area contributed by atoms with E-state index in [0.29, 0.717) is 10.8 Å². The third kappa shape index (κ3) is 4.44. The minimum atomic E-state index is -0.466. The van der Waals surface area contributed by atoms with E-state index in [1.54, 1.807) is 17.5 Å². The highest BCUT2D eigenvalue weighted by atomic mass is 32.1. The number of carbonyl (C=O) groups is 1. The van der Waals surface area contributed by atoms with Gasteiger partial charge in [-0.25, -0.2) is 14.1 Å². The van der Waals surface area contributed by atoms with Crippen LogP contribution in [0.4, 0.5) is 9.52 Å². The predicted molar refractivity (Wildman–Crippen MR) is 110 cm³/mol. The molecule has 0 saturated heterocycles. The van der Waals surface area contributed by atoms with E-state index in [2.05, 4.69) is 15.4 Å². The summed E-state index contributed by atoms with van der Waals surface area (Å²) in [5, 5.41) is 9.01. The van der Waals surface area contributed by atoms with Gasteiger partial charge >= 0.3 is 0 Å². The van der Waals surface area contributed by atoms with Crippen molar-refractivity contribution in [2.75, 3.05) is 5.32 Å². The van der Waals surface area contributed by atoms with Gasteiger partial charge in [-0.15, -0.1) is 11.3 Å². The Balaban J connectivity index is 1.51. The molecule has 0 unspecified atom stereocenters. The highest BCUT2D eigenvalue weighted by molar-refractivity contribution is 7.14. The molecule has 4 rings (SSSR count). The van der Waals surface area contributed by atoms with Crippen LogP contribution in [0.15, 0.2) is 76.9 Å². The van der Waals surface area contributed by atoms with Gasteiger partial charge in [-0.05, 0) is 35.9 Å². The first-order valence-corrected chi connectivity index (χ1v) is 9.61. The van der Waals surface area contributed by atoms with Crippen LogP contribution >= 0.6 is 11.3 Å². The molecule has 2 aromatic carbocycles. The first-order valence-electron chi connectivity index (χ1n) is 8.73. The zero-order valence-electron chi connectivity index (χ0n) is 15.1. The van der Waals surface area contributed by atoms with Gasteiger partial charge < -0.3 is 0 Å². The molecule has 144 valence electrons. The Labute approximate surface area is 169 Å². The average Bonchev–Trinajstić information content (AvgIpc) is 3.19. The third-order valence-corrected chi connectivity index (χ3v) is 4.90. The zero-order valence-corrected chi connectivity index (χ0v) is 15.9. The Morgan fingerprint density at radius 2 is 1.79 bits per heavy atom. The first-order chi connectivity index (χ1) is 14.1. The molecule has 0 atom stereocenters. The molecule has 0 aliphatic rings. The second-order valence-electron chi connectivity index (χ2n) is 6.20. The fourth-order valence-electron chi connectivity index (χ4n) is 2.69. The summed E-state index contributed by atoms with van der Waals surface area (Å²) in [6, 6.07) is 18.0. The normalized spacial score (nSPS) is 10.7. The molecule has 0 aliphatic heterocycles. The molecule has 0 radical (unpaired) electrons. The van der Waals surface area contributed by atoms with Crippen molar-refractivity contribution in [3.05, 3.63) is 99.5 Å². The van der Waals surface area contributed by atoms with E-state index in [1.165, 1.54) is 40.3 Å². The van der Waals surface area contributed by atoms with Gasteiger partial charge in [0.2, 0.25) is 0 Å². The van der Waals surface area contributed by atoms with Crippen molar-refractivity contribution >= 4 is 22.4 Å². The van der Waals surface area contributed by atoms with E-state index in [1.807, 2.05) is 30.3 Å². The molecule has 0 saturated carbocycles. The summed E-state index contributed by atoms with van der Waals surface area (Å²) in [5.41, 5.74) is 2.10. The summed E-state index contributed by atoms with van der Waals surface area (Å²) >= 11 is 1.25. The number of amides is 1. The number of benzene rings is 2. The van der Waals surface area contributed by atoms with Gasteiger partial charge in [-0.2, -0.15) is 5.10 Å². The molecule has 29 heavy (non-hydrogen) atoms. The van der Waals surface area contributed by atoms with Crippen LogP contribution in [0.3, 0.4) is 0 Å². The number of thiazole rings is 1. The first kappa shape index (κ1) is 18.7. The van der Waals surface area contributed by atoms with Gasteiger partial charge in [0, 0.05) is 17.0 Å². The maximum absolute atomic E-state index is 13.1.